The number of para-hydroxylation sites is 1. The fraction of sp³-hybridized carbons (Fsp3) is 0.238. The van der Waals surface area contributed by atoms with Crippen LogP contribution in [0.25, 0.3) is 22.3 Å². The Morgan fingerprint density at radius 1 is 1.17 bits per heavy atom. The van der Waals surface area contributed by atoms with Crippen molar-refractivity contribution in [3.8, 4) is 11.4 Å². The maximum absolute atomic E-state index is 13.2. The smallest absolute Gasteiger partial charge is 0.272 e. The second-order valence-electron chi connectivity index (χ2n) is 6.83. The minimum absolute atomic E-state index is 0.162. The zero-order valence-electron chi connectivity index (χ0n) is 16.0. The molecule has 0 atom stereocenters. The summed E-state index contributed by atoms with van der Waals surface area (Å²) in [5.74, 6) is 0.259. The molecule has 8 heteroatoms. The molecule has 2 N–H and O–H groups in total. The van der Waals surface area contributed by atoms with E-state index in [1.54, 1.807) is 0 Å². The minimum Gasteiger partial charge on any atom is -0.336 e. The van der Waals surface area contributed by atoms with E-state index in [4.69, 9.17) is 0 Å². The number of carbonyl (C=O) groups is 1. The van der Waals surface area contributed by atoms with Crippen molar-refractivity contribution in [3.63, 3.8) is 0 Å². The van der Waals surface area contributed by atoms with Crippen LogP contribution in [0.1, 0.15) is 36.7 Å². The molecule has 7 nitrogen and oxygen atoms in total. The van der Waals surface area contributed by atoms with Crippen molar-refractivity contribution < 1.29 is 4.79 Å². The van der Waals surface area contributed by atoms with E-state index >= 15 is 0 Å². The summed E-state index contributed by atoms with van der Waals surface area (Å²) in [6, 6.07) is 15.6. The fourth-order valence-corrected chi connectivity index (χ4v) is 3.79. The van der Waals surface area contributed by atoms with Gasteiger partial charge >= 0.3 is 0 Å². The number of rotatable bonds is 7. The lowest BCUT2D eigenvalue weighted by molar-refractivity contribution is 0.101. The van der Waals surface area contributed by atoms with Crippen molar-refractivity contribution in [2.75, 3.05) is 5.32 Å². The maximum atomic E-state index is 13.2. The lowest BCUT2D eigenvalue weighted by atomic mass is 10.1. The Morgan fingerprint density at radius 2 is 2.03 bits per heavy atom. The molecule has 0 unspecified atom stereocenters. The van der Waals surface area contributed by atoms with Crippen LogP contribution in [-0.4, -0.2) is 31.1 Å². The Hall–Kier alpha value is -3.00. The summed E-state index contributed by atoms with van der Waals surface area (Å²) >= 11 is 3.46. The largest absolute Gasteiger partial charge is 0.336 e. The van der Waals surface area contributed by atoms with Gasteiger partial charge in [0.25, 0.3) is 5.91 Å². The monoisotopic (exact) mass is 452 g/mol. The van der Waals surface area contributed by atoms with Crippen LogP contribution in [0, 0.1) is 0 Å². The molecule has 0 aliphatic carbocycles. The van der Waals surface area contributed by atoms with Crippen molar-refractivity contribution in [2.24, 2.45) is 0 Å². The average molecular weight is 453 g/mol. The Kier molecular flexibility index (Phi) is 5.71. The molecule has 0 aliphatic heterocycles. The Bertz CT molecular complexity index is 1140. The third kappa shape index (κ3) is 4.07. The zero-order chi connectivity index (χ0) is 20.2. The lowest BCUT2D eigenvalue weighted by Crippen LogP contribution is -2.17. The number of aromatic amines is 1. The number of carbonyl (C=O) groups excluding carboxylic acids is 1. The predicted octanol–water partition coefficient (Wildman–Crippen LogP) is 5.03. The molecule has 0 aliphatic rings. The number of H-pyrrole nitrogens is 1. The SMILES string of the molecule is CCCCCn1c(C(=O)Nc2ccc(Br)cc2-c2nn[nH]n2)cc2ccccc21. The molecule has 2 aromatic carbocycles. The quantitative estimate of drug-likeness (QED) is 0.385. The van der Waals surface area contributed by atoms with Crippen molar-refractivity contribution in [1.82, 2.24) is 25.2 Å². The van der Waals surface area contributed by atoms with Gasteiger partial charge in [-0.25, -0.2) is 0 Å². The molecule has 29 heavy (non-hydrogen) atoms. The average Bonchev–Trinajstić information content (AvgIpc) is 3.38. The summed E-state index contributed by atoms with van der Waals surface area (Å²) in [5.41, 5.74) is 3.03. The summed E-state index contributed by atoms with van der Waals surface area (Å²) in [7, 11) is 0. The predicted molar refractivity (Wildman–Crippen MR) is 117 cm³/mol. The van der Waals surface area contributed by atoms with Crippen LogP contribution in [-0.2, 0) is 6.54 Å². The number of fused-ring (bicyclic) bond motifs is 1. The number of hydrogen-bond donors (Lipinski definition) is 2. The standard InChI is InChI=1S/C21H21BrN6O/c1-2-3-6-11-28-18-8-5-4-7-14(18)12-19(28)21(29)23-17-10-9-15(22)13-16(17)20-24-26-27-25-20/h4-5,7-10,12-13H,2-3,6,11H2,1H3,(H,23,29)(H,24,25,26,27). The molecule has 1 amide bonds. The van der Waals surface area contributed by atoms with Gasteiger partial charge in [-0.15, -0.1) is 10.2 Å². The Labute approximate surface area is 176 Å². The number of amides is 1. The highest BCUT2D eigenvalue weighted by molar-refractivity contribution is 9.10. The molecule has 2 heterocycles. The van der Waals surface area contributed by atoms with E-state index in [0.29, 0.717) is 22.8 Å². The van der Waals surface area contributed by atoms with Gasteiger partial charge in [-0.1, -0.05) is 53.9 Å². The van der Waals surface area contributed by atoms with Gasteiger partial charge in [0.1, 0.15) is 5.69 Å². The van der Waals surface area contributed by atoms with Crippen molar-refractivity contribution >= 4 is 38.4 Å². The molecule has 4 rings (SSSR count). The molecule has 0 bridgehead atoms. The number of aryl methyl sites for hydroxylation is 1. The van der Waals surface area contributed by atoms with Crippen molar-refractivity contribution in [2.45, 2.75) is 32.7 Å². The molecule has 0 spiro atoms. The molecular weight excluding hydrogens is 432 g/mol. The summed E-state index contributed by atoms with van der Waals surface area (Å²) < 4.78 is 2.97. The summed E-state index contributed by atoms with van der Waals surface area (Å²) in [4.78, 5) is 13.2. The van der Waals surface area contributed by atoms with Crippen LogP contribution in [0.4, 0.5) is 5.69 Å². The highest BCUT2D eigenvalue weighted by Crippen LogP contribution is 2.29. The number of unbranched alkanes of at least 4 members (excludes halogenated alkanes) is 2. The van der Waals surface area contributed by atoms with Gasteiger partial charge in [0.15, 0.2) is 0 Å². The number of nitrogens with one attached hydrogen (secondary N) is 2. The summed E-state index contributed by atoms with van der Waals surface area (Å²) in [5, 5.41) is 18.3. The molecule has 0 saturated heterocycles. The third-order valence-corrected chi connectivity index (χ3v) is 5.34. The van der Waals surface area contributed by atoms with Crippen LogP contribution < -0.4 is 5.32 Å². The number of tetrazole rings is 1. The van der Waals surface area contributed by atoms with Crippen molar-refractivity contribution in [3.05, 3.63) is 58.7 Å². The van der Waals surface area contributed by atoms with Crippen LogP contribution in [0.2, 0.25) is 0 Å². The van der Waals surface area contributed by atoms with Crippen LogP contribution >= 0.6 is 15.9 Å². The molecule has 2 aromatic heterocycles. The van der Waals surface area contributed by atoms with Gasteiger partial charge < -0.3 is 9.88 Å². The second-order valence-corrected chi connectivity index (χ2v) is 7.74. The van der Waals surface area contributed by atoms with E-state index in [-0.39, 0.29) is 5.91 Å². The normalized spacial score (nSPS) is 11.1. The number of anilines is 1. The van der Waals surface area contributed by atoms with Crippen LogP contribution in [0.5, 0.6) is 0 Å². The second kappa shape index (κ2) is 8.57. The van der Waals surface area contributed by atoms with Gasteiger partial charge in [-0.2, -0.15) is 5.21 Å². The number of halogens is 1. The topological polar surface area (TPSA) is 88.5 Å². The number of nitrogens with zero attached hydrogens (tertiary/aromatic N) is 4. The fourth-order valence-electron chi connectivity index (χ4n) is 3.43. The van der Waals surface area contributed by atoms with Crippen molar-refractivity contribution in [1.29, 1.82) is 0 Å². The van der Waals surface area contributed by atoms with Gasteiger partial charge in [0.2, 0.25) is 5.82 Å². The molecule has 0 radical (unpaired) electrons. The first-order valence-electron chi connectivity index (χ1n) is 9.60. The molecule has 0 fully saturated rings. The van der Waals surface area contributed by atoms with Gasteiger partial charge in [0, 0.05) is 27.5 Å². The van der Waals surface area contributed by atoms with Crippen LogP contribution in [0.3, 0.4) is 0 Å². The van der Waals surface area contributed by atoms with Gasteiger partial charge in [-0.05, 0) is 42.0 Å². The Balaban J connectivity index is 1.69. The summed E-state index contributed by atoms with van der Waals surface area (Å²) in [6.07, 6.45) is 3.29. The summed E-state index contributed by atoms with van der Waals surface area (Å²) in [6.45, 7) is 2.98. The number of hydrogen-bond acceptors (Lipinski definition) is 4. The first kappa shape index (κ1) is 19.3. The van der Waals surface area contributed by atoms with E-state index in [1.807, 2.05) is 42.5 Å². The van der Waals surface area contributed by atoms with E-state index in [2.05, 4.69) is 59.4 Å². The highest BCUT2D eigenvalue weighted by Gasteiger charge is 2.18. The first-order valence-corrected chi connectivity index (χ1v) is 10.4. The minimum atomic E-state index is -0.162. The number of benzene rings is 2. The highest BCUT2D eigenvalue weighted by atomic mass is 79.9. The van der Waals surface area contributed by atoms with E-state index < -0.39 is 0 Å². The zero-order valence-corrected chi connectivity index (χ0v) is 17.6. The molecule has 148 valence electrons. The van der Waals surface area contributed by atoms with Gasteiger partial charge in [-0.3, -0.25) is 4.79 Å². The van der Waals surface area contributed by atoms with E-state index in [1.165, 1.54) is 0 Å². The number of aromatic nitrogens is 5. The molecule has 4 aromatic rings. The van der Waals surface area contributed by atoms with E-state index in [9.17, 15) is 4.79 Å². The molecular formula is C21H21BrN6O. The van der Waals surface area contributed by atoms with E-state index in [0.717, 1.165) is 41.2 Å². The van der Waals surface area contributed by atoms with Crippen LogP contribution in [0.15, 0.2) is 53.0 Å². The Morgan fingerprint density at radius 3 is 2.83 bits per heavy atom. The first-order chi connectivity index (χ1) is 14.2. The third-order valence-electron chi connectivity index (χ3n) is 4.84. The maximum Gasteiger partial charge on any atom is 0.272 e. The lowest BCUT2D eigenvalue weighted by Gasteiger charge is -2.13. The molecule has 0 saturated carbocycles. The van der Waals surface area contributed by atoms with Gasteiger partial charge in [0.05, 0.1) is 5.69 Å².